The highest BCUT2D eigenvalue weighted by molar-refractivity contribution is 7.91. The highest BCUT2D eigenvalue weighted by atomic mass is 32.2. The molecule has 0 amide bonds. The molecule has 1 N–H and O–H groups in total. The van der Waals surface area contributed by atoms with Crippen LogP contribution in [0.1, 0.15) is 26.5 Å². The number of aryl methyl sites for hydroxylation is 1. The molecule has 0 radical (unpaired) electrons. The number of hydrogen-bond donors (Lipinski definition) is 1. The van der Waals surface area contributed by atoms with Crippen LogP contribution in [-0.4, -0.2) is 36.2 Å². The fourth-order valence-electron chi connectivity index (χ4n) is 1.49. The molecule has 0 saturated carbocycles. The van der Waals surface area contributed by atoms with Crippen LogP contribution >= 0.6 is 0 Å². The van der Waals surface area contributed by atoms with Crippen molar-refractivity contribution in [3.8, 4) is 0 Å². The Labute approximate surface area is 109 Å². The summed E-state index contributed by atoms with van der Waals surface area (Å²) in [6, 6.07) is 1.92. The van der Waals surface area contributed by atoms with Crippen LogP contribution in [0.2, 0.25) is 0 Å². The Morgan fingerprint density at radius 2 is 2.17 bits per heavy atom. The van der Waals surface area contributed by atoms with Gasteiger partial charge in [0.15, 0.2) is 9.84 Å². The fourth-order valence-corrected chi connectivity index (χ4v) is 2.24. The molecule has 104 valence electrons. The minimum absolute atomic E-state index is 0.157. The van der Waals surface area contributed by atoms with Crippen molar-refractivity contribution in [3.05, 3.63) is 18.0 Å². The SMILES string of the molecule is CCS(=O)(=O)CCn1ccc(CNCC(C)C)n1. The Hall–Kier alpha value is -0.880. The second-order valence-corrected chi connectivity index (χ2v) is 7.30. The summed E-state index contributed by atoms with van der Waals surface area (Å²) in [6.07, 6.45) is 1.83. The van der Waals surface area contributed by atoms with Crippen LogP contribution < -0.4 is 5.32 Å². The van der Waals surface area contributed by atoms with Crippen LogP contribution in [0.5, 0.6) is 0 Å². The summed E-state index contributed by atoms with van der Waals surface area (Å²) < 4.78 is 24.4. The average molecular weight is 273 g/mol. The molecule has 1 heterocycles. The van der Waals surface area contributed by atoms with E-state index in [1.807, 2.05) is 12.3 Å². The molecule has 0 spiro atoms. The molecule has 18 heavy (non-hydrogen) atoms. The largest absolute Gasteiger partial charge is 0.311 e. The summed E-state index contributed by atoms with van der Waals surface area (Å²) in [4.78, 5) is 0. The van der Waals surface area contributed by atoms with Gasteiger partial charge in [0.25, 0.3) is 0 Å². The minimum atomic E-state index is -2.91. The van der Waals surface area contributed by atoms with E-state index in [2.05, 4.69) is 24.3 Å². The van der Waals surface area contributed by atoms with E-state index >= 15 is 0 Å². The van der Waals surface area contributed by atoms with E-state index in [9.17, 15) is 8.42 Å². The van der Waals surface area contributed by atoms with Gasteiger partial charge in [0, 0.05) is 18.5 Å². The quantitative estimate of drug-likeness (QED) is 0.769. The van der Waals surface area contributed by atoms with Crippen molar-refractivity contribution >= 4 is 9.84 Å². The van der Waals surface area contributed by atoms with Crippen molar-refractivity contribution in [2.24, 2.45) is 5.92 Å². The molecule has 0 unspecified atom stereocenters. The molecule has 0 aromatic carbocycles. The van der Waals surface area contributed by atoms with Crippen molar-refractivity contribution in [3.63, 3.8) is 0 Å². The van der Waals surface area contributed by atoms with Crippen LogP contribution in [0.25, 0.3) is 0 Å². The predicted octanol–water partition coefficient (Wildman–Crippen LogP) is 1.06. The predicted molar refractivity (Wildman–Crippen MR) is 73.1 cm³/mol. The van der Waals surface area contributed by atoms with Crippen LogP contribution in [0.4, 0.5) is 0 Å². The second-order valence-electron chi connectivity index (χ2n) is 4.83. The molecule has 0 aliphatic carbocycles. The zero-order valence-corrected chi connectivity index (χ0v) is 12.2. The summed E-state index contributed by atoms with van der Waals surface area (Å²) in [6.45, 7) is 8.09. The Morgan fingerprint density at radius 3 is 2.78 bits per heavy atom. The Morgan fingerprint density at radius 1 is 1.44 bits per heavy atom. The van der Waals surface area contributed by atoms with E-state index in [-0.39, 0.29) is 11.5 Å². The third-order valence-corrected chi connectivity index (χ3v) is 4.31. The van der Waals surface area contributed by atoms with Crippen LogP contribution in [0, 0.1) is 5.92 Å². The standard InChI is InChI=1S/C12H23N3O2S/c1-4-18(16,17)8-7-15-6-5-12(14-15)10-13-9-11(2)3/h5-6,11,13H,4,7-10H2,1-3H3. The molecule has 6 heteroatoms. The molecular formula is C12H23N3O2S. The van der Waals surface area contributed by atoms with Crippen LogP contribution in [0.3, 0.4) is 0 Å². The number of hydrogen-bond acceptors (Lipinski definition) is 4. The molecule has 0 aliphatic rings. The number of sulfone groups is 1. The van der Waals surface area contributed by atoms with E-state index in [1.165, 1.54) is 0 Å². The molecule has 0 fully saturated rings. The molecule has 1 rings (SSSR count). The summed E-state index contributed by atoms with van der Waals surface area (Å²) >= 11 is 0. The topological polar surface area (TPSA) is 64.0 Å². The van der Waals surface area contributed by atoms with E-state index in [0.29, 0.717) is 12.5 Å². The molecule has 1 aromatic rings. The van der Waals surface area contributed by atoms with Gasteiger partial charge in [-0.3, -0.25) is 4.68 Å². The number of nitrogens with one attached hydrogen (secondary N) is 1. The average Bonchev–Trinajstić information content (AvgIpc) is 2.74. The summed E-state index contributed by atoms with van der Waals surface area (Å²) in [5.74, 6) is 0.961. The zero-order valence-electron chi connectivity index (χ0n) is 11.4. The lowest BCUT2D eigenvalue weighted by Crippen LogP contribution is -2.19. The third kappa shape index (κ3) is 5.64. The van der Waals surface area contributed by atoms with Gasteiger partial charge in [-0.05, 0) is 18.5 Å². The van der Waals surface area contributed by atoms with Crippen LogP contribution in [0.15, 0.2) is 12.3 Å². The molecule has 1 aromatic heterocycles. The van der Waals surface area contributed by atoms with Crippen molar-refractivity contribution in [2.45, 2.75) is 33.9 Å². The van der Waals surface area contributed by atoms with Crippen molar-refractivity contribution in [1.82, 2.24) is 15.1 Å². The Balaban J connectivity index is 2.39. The lowest BCUT2D eigenvalue weighted by molar-refractivity contribution is 0.540. The number of rotatable bonds is 8. The first-order chi connectivity index (χ1) is 8.43. The van der Waals surface area contributed by atoms with E-state index in [1.54, 1.807) is 11.6 Å². The molecular weight excluding hydrogens is 250 g/mol. The first-order valence-corrected chi connectivity index (χ1v) is 8.18. The summed E-state index contributed by atoms with van der Waals surface area (Å²) in [7, 11) is -2.91. The van der Waals surface area contributed by atoms with Gasteiger partial charge >= 0.3 is 0 Å². The zero-order chi connectivity index (χ0) is 13.6. The highest BCUT2D eigenvalue weighted by Gasteiger charge is 2.08. The van der Waals surface area contributed by atoms with Gasteiger partial charge in [0.2, 0.25) is 0 Å². The van der Waals surface area contributed by atoms with Gasteiger partial charge in [-0.1, -0.05) is 20.8 Å². The van der Waals surface area contributed by atoms with Crippen molar-refractivity contribution < 1.29 is 8.42 Å². The van der Waals surface area contributed by atoms with E-state index < -0.39 is 9.84 Å². The highest BCUT2D eigenvalue weighted by Crippen LogP contribution is 1.98. The van der Waals surface area contributed by atoms with Crippen molar-refractivity contribution in [1.29, 1.82) is 0 Å². The van der Waals surface area contributed by atoms with Gasteiger partial charge < -0.3 is 5.32 Å². The number of aromatic nitrogens is 2. The van der Waals surface area contributed by atoms with E-state index in [4.69, 9.17) is 0 Å². The summed E-state index contributed by atoms with van der Waals surface area (Å²) in [5.41, 5.74) is 0.949. The fraction of sp³-hybridized carbons (Fsp3) is 0.750. The first-order valence-electron chi connectivity index (χ1n) is 6.36. The molecule has 5 nitrogen and oxygen atoms in total. The van der Waals surface area contributed by atoms with Crippen molar-refractivity contribution in [2.75, 3.05) is 18.1 Å². The maximum absolute atomic E-state index is 11.4. The first kappa shape index (κ1) is 15.2. The molecule has 0 bridgehead atoms. The maximum Gasteiger partial charge on any atom is 0.151 e. The Bertz CT molecular complexity index is 452. The second kappa shape index (κ2) is 6.89. The maximum atomic E-state index is 11.4. The van der Waals surface area contributed by atoms with Crippen LogP contribution in [-0.2, 0) is 22.9 Å². The minimum Gasteiger partial charge on any atom is -0.311 e. The molecule has 0 saturated heterocycles. The lowest BCUT2D eigenvalue weighted by atomic mass is 10.2. The van der Waals surface area contributed by atoms with Gasteiger partial charge in [-0.25, -0.2) is 8.42 Å². The molecule has 0 atom stereocenters. The number of nitrogens with zero attached hydrogens (tertiary/aromatic N) is 2. The van der Waals surface area contributed by atoms with E-state index in [0.717, 1.165) is 18.8 Å². The summed E-state index contributed by atoms with van der Waals surface area (Å²) in [5, 5.41) is 7.64. The monoisotopic (exact) mass is 273 g/mol. The van der Waals surface area contributed by atoms with Gasteiger partial charge in [0.1, 0.15) is 0 Å². The van der Waals surface area contributed by atoms with Gasteiger partial charge in [-0.15, -0.1) is 0 Å². The van der Waals surface area contributed by atoms with Gasteiger partial charge in [0.05, 0.1) is 18.0 Å². The molecule has 0 aliphatic heterocycles. The smallest absolute Gasteiger partial charge is 0.151 e. The normalized spacial score (nSPS) is 12.2. The Kier molecular flexibility index (Phi) is 5.81. The lowest BCUT2D eigenvalue weighted by Gasteiger charge is -2.05. The van der Waals surface area contributed by atoms with Gasteiger partial charge in [-0.2, -0.15) is 5.10 Å². The third-order valence-electron chi connectivity index (χ3n) is 2.63.